The molecule has 0 fully saturated rings. The number of hydrogen-bond acceptors (Lipinski definition) is 5. The maximum atomic E-state index is 12.0. The number of fused-ring (bicyclic) bond motifs is 1. The fourth-order valence-electron chi connectivity index (χ4n) is 1.55. The highest BCUT2D eigenvalue weighted by Crippen LogP contribution is 2.10. The van der Waals surface area contributed by atoms with Crippen molar-refractivity contribution >= 4 is 21.4 Å². The molecule has 0 saturated heterocycles. The van der Waals surface area contributed by atoms with Gasteiger partial charge < -0.3 is 10.8 Å². The quantitative estimate of drug-likeness (QED) is 0.788. The van der Waals surface area contributed by atoms with Crippen molar-refractivity contribution < 1.29 is 5.11 Å². The molecule has 2 rings (SSSR count). The number of benzene rings is 1. The number of nitrogens with two attached hydrogens (primary N) is 1. The molecule has 1 atom stereocenters. The zero-order chi connectivity index (χ0) is 12.4. The molecule has 17 heavy (non-hydrogen) atoms. The molecule has 1 heterocycles. The van der Waals surface area contributed by atoms with Crippen LogP contribution in [0.4, 0.5) is 0 Å². The first-order valence-corrected chi connectivity index (χ1v) is 5.96. The molecule has 6 heteroatoms. The van der Waals surface area contributed by atoms with Crippen LogP contribution in [-0.4, -0.2) is 22.3 Å². The second kappa shape index (κ2) is 4.79. The number of aliphatic hydroxyl groups excluding tert-OH is 1. The maximum Gasteiger partial charge on any atom is 0.310 e. The van der Waals surface area contributed by atoms with Crippen molar-refractivity contribution in [3.8, 4) is 0 Å². The van der Waals surface area contributed by atoms with Gasteiger partial charge in [-0.3, -0.25) is 14.2 Å². The Bertz CT molecular complexity index is 647. The third-order valence-corrected chi connectivity index (χ3v) is 3.42. The highest BCUT2D eigenvalue weighted by molar-refractivity contribution is 7.16. The summed E-state index contributed by atoms with van der Waals surface area (Å²) >= 11 is 0.990. The predicted molar refractivity (Wildman–Crippen MR) is 67.4 cm³/mol. The zero-order valence-electron chi connectivity index (χ0n) is 9.00. The normalized spacial score (nSPS) is 12.8. The molecule has 0 radical (unpaired) electrons. The Morgan fingerprint density at radius 1 is 1.35 bits per heavy atom. The van der Waals surface area contributed by atoms with Crippen LogP contribution < -0.4 is 16.2 Å². The summed E-state index contributed by atoms with van der Waals surface area (Å²) in [4.78, 5) is 23.4. The second-order valence-corrected chi connectivity index (χ2v) is 4.66. The fraction of sp³-hybridized carbons (Fsp3) is 0.273. The van der Waals surface area contributed by atoms with Gasteiger partial charge in [-0.2, -0.15) is 0 Å². The van der Waals surface area contributed by atoms with Gasteiger partial charge in [-0.15, -0.1) is 0 Å². The van der Waals surface area contributed by atoms with E-state index in [-0.39, 0.29) is 23.5 Å². The molecule has 3 N–H and O–H groups in total. The molecule has 1 aromatic heterocycles. The van der Waals surface area contributed by atoms with Crippen LogP contribution in [0.5, 0.6) is 0 Å². The average Bonchev–Trinajstić information content (AvgIpc) is 2.34. The summed E-state index contributed by atoms with van der Waals surface area (Å²) in [6.45, 7) is -0.0428. The molecular formula is C11H12N2O3S. The predicted octanol–water partition coefficient (Wildman–Crippen LogP) is -0.257. The topological polar surface area (TPSA) is 85.3 Å². The van der Waals surface area contributed by atoms with Gasteiger partial charge in [0.05, 0.1) is 18.0 Å². The van der Waals surface area contributed by atoms with E-state index >= 15 is 0 Å². The maximum absolute atomic E-state index is 12.0. The van der Waals surface area contributed by atoms with Gasteiger partial charge in [0.25, 0.3) is 5.56 Å². The van der Waals surface area contributed by atoms with E-state index in [2.05, 4.69) is 0 Å². The molecule has 0 amide bonds. The van der Waals surface area contributed by atoms with E-state index in [9.17, 15) is 14.7 Å². The Morgan fingerprint density at radius 2 is 2.06 bits per heavy atom. The number of nitrogens with zero attached hydrogens (tertiary/aromatic N) is 1. The van der Waals surface area contributed by atoms with E-state index in [0.29, 0.717) is 10.1 Å². The van der Waals surface area contributed by atoms with Crippen LogP contribution in [0.3, 0.4) is 0 Å². The van der Waals surface area contributed by atoms with Crippen molar-refractivity contribution in [3.05, 3.63) is 44.3 Å². The lowest BCUT2D eigenvalue weighted by Crippen LogP contribution is -2.37. The molecule has 90 valence electrons. The molecule has 0 bridgehead atoms. The molecule has 1 aromatic carbocycles. The van der Waals surface area contributed by atoms with E-state index in [1.165, 1.54) is 0 Å². The number of rotatable bonds is 3. The molecule has 0 spiro atoms. The van der Waals surface area contributed by atoms with Gasteiger partial charge >= 0.3 is 4.87 Å². The molecule has 1 unspecified atom stereocenters. The molecule has 2 aromatic rings. The molecular weight excluding hydrogens is 240 g/mol. The van der Waals surface area contributed by atoms with E-state index in [1.807, 2.05) is 0 Å². The lowest BCUT2D eigenvalue weighted by atomic mass is 10.3. The Kier molecular flexibility index (Phi) is 3.37. The molecule has 0 aliphatic heterocycles. The van der Waals surface area contributed by atoms with Crippen molar-refractivity contribution in [1.29, 1.82) is 0 Å². The van der Waals surface area contributed by atoms with Crippen LogP contribution in [0.15, 0.2) is 33.9 Å². The smallest absolute Gasteiger partial charge is 0.310 e. The van der Waals surface area contributed by atoms with Gasteiger partial charge in [0.15, 0.2) is 0 Å². The zero-order valence-corrected chi connectivity index (χ0v) is 9.81. The number of aliphatic hydroxyl groups is 1. The van der Waals surface area contributed by atoms with Crippen LogP contribution in [0.25, 0.3) is 10.1 Å². The Balaban J connectivity index is 2.64. The van der Waals surface area contributed by atoms with E-state index in [1.54, 1.807) is 24.3 Å². The van der Waals surface area contributed by atoms with Gasteiger partial charge in [0.2, 0.25) is 0 Å². The summed E-state index contributed by atoms with van der Waals surface area (Å²) in [6, 6.07) is 6.91. The number of aromatic nitrogens is 1. The summed E-state index contributed by atoms with van der Waals surface area (Å²) < 4.78 is 1.69. The Labute approximate surface area is 101 Å². The molecule has 0 aliphatic carbocycles. The average molecular weight is 252 g/mol. The first-order chi connectivity index (χ1) is 8.13. The largest absolute Gasteiger partial charge is 0.390 e. The SMILES string of the molecule is NCC(O)Cn1c(=O)sc2ccccc2c1=O. The van der Waals surface area contributed by atoms with Crippen molar-refractivity contribution in [3.63, 3.8) is 0 Å². The van der Waals surface area contributed by atoms with Crippen LogP contribution in [-0.2, 0) is 6.54 Å². The minimum absolute atomic E-state index is 0.0172. The van der Waals surface area contributed by atoms with Gasteiger partial charge in [-0.05, 0) is 12.1 Å². The first kappa shape index (κ1) is 12.0. The van der Waals surface area contributed by atoms with E-state index in [0.717, 1.165) is 15.9 Å². The van der Waals surface area contributed by atoms with E-state index in [4.69, 9.17) is 5.73 Å². The third kappa shape index (κ3) is 2.28. The van der Waals surface area contributed by atoms with Crippen LogP contribution in [0.1, 0.15) is 0 Å². The molecule has 0 aliphatic rings. The molecule has 0 saturated carbocycles. The van der Waals surface area contributed by atoms with Crippen LogP contribution >= 0.6 is 11.3 Å². The highest BCUT2D eigenvalue weighted by Gasteiger charge is 2.10. The molecule has 5 nitrogen and oxygen atoms in total. The monoisotopic (exact) mass is 252 g/mol. The fourth-order valence-corrected chi connectivity index (χ4v) is 2.42. The van der Waals surface area contributed by atoms with Crippen molar-refractivity contribution in [2.45, 2.75) is 12.6 Å². The summed E-state index contributed by atoms with van der Waals surface area (Å²) in [5.74, 6) is 0. The van der Waals surface area contributed by atoms with Crippen molar-refractivity contribution in [2.75, 3.05) is 6.54 Å². The third-order valence-electron chi connectivity index (χ3n) is 2.45. The lowest BCUT2D eigenvalue weighted by molar-refractivity contribution is 0.160. The van der Waals surface area contributed by atoms with Crippen LogP contribution in [0, 0.1) is 0 Å². The van der Waals surface area contributed by atoms with E-state index < -0.39 is 6.10 Å². The summed E-state index contributed by atoms with van der Waals surface area (Å²) in [6.07, 6.45) is -0.881. The van der Waals surface area contributed by atoms with Gasteiger partial charge in [-0.1, -0.05) is 23.5 Å². The lowest BCUT2D eigenvalue weighted by Gasteiger charge is -2.09. The number of hydrogen-bond donors (Lipinski definition) is 2. The van der Waals surface area contributed by atoms with Gasteiger partial charge in [0, 0.05) is 11.2 Å². The van der Waals surface area contributed by atoms with Gasteiger partial charge in [0.1, 0.15) is 0 Å². The summed E-state index contributed by atoms with van der Waals surface area (Å²) in [5.41, 5.74) is 4.89. The van der Waals surface area contributed by atoms with Crippen molar-refractivity contribution in [1.82, 2.24) is 4.57 Å². The highest BCUT2D eigenvalue weighted by atomic mass is 32.1. The summed E-state index contributed by atoms with van der Waals surface area (Å²) in [7, 11) is 0. The summed E-state index contributed by atoms with van der Waals surface area (Å²) in [5, 5.41) is 9.90. The minimum atomic E-state index is -0.881. The first-order valence-electron chi connectivity index (χ1n) is 5.14. The standard InChI is InChI=1S/C11H12N2O3S/c12-5-7(14)6-13-10(15)8-3-1-2-4-9(8)17-11(13)16/h1-4,7,14H,5-6,12H2. The van der Waals surface area contributed by atoms with Gasteiger partial charge in [-0.25, -0.2) is 0 Å². The van der Waals surface area contributed by atoms with Crippen molar-refractivity contribution in [2.24, 2.45) is 5.73 Å². The van der Waals surface area contributed by atoms with Crippen LogP contribution in [0.2, 0.25) is 0 Å². The Morgan fingerprint density at radius 3 is 2.76 bits per heavy atom. The second-order valence-electron chi connectivity index (χ2n) is 3.67. The Hall–Kier alpha value is -1.50. The minimum Gasteiger partial charge on any atom is -0.390 e.